The number of nitrogens with one attached hydrogen (secondary N) is 1. The number of nitrogens with zero attached hydrogens (tertiary/aromatic N) is 3. The summed E-state index contributed by atoms with van der Waals surface area (Å²) in [5.41, 5.74) is 1.99. The molecular formula is C15H20N4O. The summed E-state index contributed by atoms with van der Waals surface area (Å²) in [5, 5.41) is 7.20. The van der Waals surface area contributed by atoms with Crippen LogP contribution < -0.4 is 5.32 Å². The zero-order valence-electron chi connectivity index (χ0n) is 12.3. The van der Waals surface area contributed by atoms with Crippen LogP contribution in [0.2, 0.25) is 0 Å². The second-order valence-corrected chi connectivity index (χ2v) is 5.12. The molecule has 1 aromatic heterocycles. The average Bonchev–Trinajstić information content (AvgIpc) is 2.71. The second-order valence-electron chi connectivity index (χ2n) is 5.12. The average molecular weight is 272 g/mol. The van der Waals surface area contributed by atoms with E-state index in [1.165, 1.54) is 5.56 Å². The smallest absolute Gasteiger partial charge is 0.226 e. The number of rotatable bonds is 4. The van der Waals surface area contributed by atoms with Crippen molar-refractivity contribution in [2.45, 2.75) is 40.2 Å². The molecule has 20 heavy (non-hydrogen) atoms. The minimum atomic E-state index is -0.0195. The van der Waals surface area contributed by atoms with Crippen molar-refractivity contribution in [3.8, 4) is 0 Å². The van der Waals surface area contributed by atoms with E-state index in [0.29, 0.717) is 6.42 Å². The fourth-order valence-corrected chi connectivity index (χ4v) is 2.16. The number of benzene rings is 1. The van der Waals surface area contributed by atoms with Crippen molar-refractivity contribution in [3.63, 3.8) is 0 Å². The minimum Gasteiger partial charge on any atom is -0.326 e. The maximum atomic E-state index is 12.0. The molecule has 0 aliphatic rings. The van der Waals surface area contributed by atoms with Gasteiger partial charge in [0.05, 0.1) is 6.04 Å². The van der Waals surface area contributed by atoms with Gasteiger partial charge in [-0.15, -0.1) is 0 Å². The summed E-state index contributed by atoms with van der Waals surface area (Å²) in [6, 6.07) is 7.75. The fraction of sp³-hybridized carbons (Fsp3) is 0.400. The van der Waals surface area contributed by atoms with E-state index in [1.54, 1.807) is 4.68 Å². The highest BCUT2D eigenvalue weighted by atomic mass is 16.1. The summed E-state index contributed by atoms with van der Waals surface area (Å²) < 4.78 is 1.80. The Morgan fingerprint density at radius 1 is 1.25 bits per heavy atom. The van der Waals surface area contributed by atoms with Crippen molar-refractivity contribution in [3.05, 3.63) is 41.5 Å². The molecule has 0 bridgehead atoms. The van der Waals surface area contributed by atoms with Crippen LogP contribution in [0.3, 0.4) is 0 Å². The van der Waals surface area contributed by atoms with E-state index in [9.17, 15) is 4.79 Å². The number of anilines is 1. The molecule has 0 radical (unpaired) electrons. The highest BCUT2D eigenvalue weighted by Crippen LogP contribution is 2.14. The zero-order chi connectivity index (χ0) is 14.7. The number of carbonyl (C=O) groups excluding carboxylic acids is 1. The third-order valence-electron chi connectivity index (χ3n) is 3.14. The first kappa shape index (κ1) is 14.2. The van der Waals surface area contributed by atoms with Crippen LogP contribution >= 0.6 is 0 Å². The van der Waals surface area contributed by atoms with E-state index in [0.717, 1.165) is 17.3 Å². The summed E-state index contributed by atoms with van der Waals surface area (Å²) in [6.07, 6.45) is 0.373. The highest BCUT2D eigenvalue weighted by Gasteiger charge is 2.14. The van der Waals surface area contributed by atoms with E-state index in [-0.39, 0.29) is 11.9 Å². The van der Waals surface area contributed by atoms with Gasteiger partial charge in [0.25, 0.3) is 0 Å². The van der Waals surface area contributed by atoms with Crippen LogP contribution in [0.5, 0.6) is 0 Å². The monoisotopic (exact) mass is 272 g/mol. The van der Waals surface area contributed by atoms with Crippen molar-refractivity contribution in [1.29, 1.82) is 0 Å². The summed E-state index contributed by atoms with van der Waals surface area (Å²) in [7, 11) is 0. The molecule has 5 heteroatoms. The fourth-order valence-electron chi connectivity index (χ4n) is 2.16. The first-order chi connectivity index (χ1) is 9.45. The topological polar surface area (TPSA) is 59.8 Å². The van der Waals surface area contributed by atoms with Crippen molar-refractivity contribution >= 4 is 11.6 Å². The number of hydrogen-bond acceptors (Lipinski definition) is 3. The van der Waals surface area contributed by atoms with Gasteiger partial charge in [-0.05, 0) is 39.8 Å². The van der Waals surface area contributed by atoms with Crippen molar-refractivity contribution < 1.29 is 4.79 Å². The summed E-state index contributed by atoms with van der Waals surface area (Å²) in [6.45, 7) is 7.73. The highest BCUT2D eigenvalue weighted by molar-refractivity contribution is 5.90. The number of aryl methyl sites for hydroxylation is 3. The maximum Gasteiger partial charge on any atom is 0.226 e. The Kier molecular flexibility index (Phi) is 4.17. The number of aromatic nitrogens is 3. The van der Waals surface area contributed by atoms with Gasteiger partial charge in [0, 0.05) is 12.1 Å². The minimum absolute atomic E-state index is 0.0124. The van der Waals surface area contributed by atoms with E-state index >= 15 is 0 Å². The Bertz CT molecular complexity index is 601. The summed E-state index contributed by atoms with van der Waals surface area (Å²) in [4.78, 5) is 16.3. The van der Waals surface area contributed by atoms with Gasteiger partial charge in [-0.1, -0.05) is 17.7 Å². The van der Waals surface area contributed by atoms with Gasteiger partial charge in [0.15, 0.2) is 0 Å². The normalized spacial score (nSPS) is 12.2. The Hall–Kier alpha value is -2.17. The molecule has 0 aliphatic carbocycles. The number of carbonyl (C=O) groups is 1. The maximum absolute atomic E-state index is 12.0. The molecule has 0 aliphatic heterocycles. The van der Waals surface area contributed by atoms with Crippen LogP contribution in [-0.4, -0.2) is 20.7 Å². The van der Waals surface area contributed by atoms with E-state index in [4.69, 9.17) is 0 Å². The van der Waals surface area contributed by atoms with Crippen LogP contribution in [-0.2, 0) is 4.79 Å². The lowest BCUT2D eigenvalue weighted by Gasteiger charge is -2.13. The lowest BCUT2D eigenvalue weighted by Crippen LogP contribution is -2.19. The van der Waals surface area contributed by atoms with Gasteiger partial charge in [0.1, 0.15) is 11.6 Å². The molecule has 2 rings (SSSR count). The lowest BCUT2D eigenvalue weighted by molar-refractivity contribution is -0.116. The Morgan fingerprint density at radius 3 is 2.45 bits per heavy atom. The molecule has 1 amide bonds. The predicted octanol–water partition coefficient (Wildman–Crippen LogP) is 2.79. The van der Waals surface area contributed by atoms with Crippen molar-refractivity contribution in [1.82, 2.24) is 14.8 Å². The summed E-state index contributed by atoms with van der Waals surface area (Å²) in [5.74, 6) is 1.54. The molecule has 0 unspecified atom stereocenters. The predicted molar refractivity (Wildman–Crippen MR) is 78.6 cm³/mol. The molecular weight excluding hydrogens is 252 g/mol. The largest absolute Gasteiger partial charge is 0.326 e. The van der Waals surface area contributed by atoms with Gasteiger partial charge in [-0.3, -0.25) is 4.79 Å². The Balaban J connectivity index is 1.97. The molecule has 0 fully saturated rings. The van der Waals surface area contributed by atoms with Crippen LogP contribution in [0.1, 0.15) is 36.6 Å². The van der Waals surface area contributed by atoms with Gasteiger partial charge in [0.2, 0.25) is 5.91 Å². The quantitative estimate of drug-likeness (QED) is 0.931. The molecule has 1 aromatic carbocycles. The van der Waals surface area contributed by atoms with E-state index in [2.05, 4.69) is 15.4 Å². The molecule has 1 heterocycles. The molecule has 1 atom stereocenters. The van der Waals surface area contributed by atoms with Gasteiger partial charge in [-0.25, -0.2) is 9.67 Å². The van der Waals surface area contributed by atoms with E-state index in [1.807, 2.05) is 52.0 Å². The first-order valence-corrected chi connectivity index (χ1v) is 6.72. The molecule has 5 nitrogen and oxygen atoms in total. The second kappa shape index (κ2) is 5.86. The molecule has 0 saturated carbocycles. The molecule has 1 N–H and O–H groups in total. The summed E-state index contributed by atoms with van der Waals surface area (Å²) >= 11 is 0. The number of amides is 1. The molecule has 2 aromatic rings. The van der Waals surface area contributed by atoms with Gasteiger partial charge < -0.3 is 5.32 Å². The van der Waals surface area contributed by atoms with Crippen LogP contribution in [0, 0.1) is 20.8 Å². The third kappa shape index (κ3) is 3.44. The van der Waals surface area contributed by atoms with Gasteiger partial charge >= 0.3 is 0 Å². The third-order valence-corrected chi connectivity index (χ3v) is 3.14. The Labute approximate surface area is 119 Å². The standard InChI is InChI=1S/C15H20N4O/c1-10-5-7-14(8-6-10)17-15(20)9-11(2)19-13(4)16-12(3)18-19/h5-8,11H,9H2,1-4H3,(H,17,20)/t11-/m0/s1. The molecule has 0 spiro atoms. The van der Waals surface area contributed by atoms with Gasteiger partial charge in [-0.2, -0.15) is 5.10 Å². The van der Waals surface area contributed by atoms with Crippen LogP contribution in [0.4, 0.5) is 5.69 Å². The SMILES string of the molecule is Cc1ccc(NC(=O)C[C@H](C)n2nc(C)nc2C)cc1. The Morgan fingerprint density at radius 2 is 1.90 bits per heavy atom. The van der Waals surface area contributed by atoms with Crippen LogP contribution in [0.15, 0.2) is 24.3 Å². The van der Waals surface area contributed by atoms with E-state index < -0.39 is 0 Å². The number of hydrogen-bond donors (Lipinski definition) is 1. The van der Waals surface area contributed by atoms with Crippen molar-refractivity contribution in [2.75, 3.05) is 5.32 Å². The zero-order valence-corrected chi connectivity index (χ0v) is 12.3. The molecule has 106 valence electrons. The molecule has 0 saturated heterocycles. The van der Waals surface area contributed by atoms with Crippen molar-refractivity contribution in [2.24, 2.45) is 0 Å². The lowest BCUT2D eigenvalue weighted by atomic mass is 10.2. The van der Waals surface area contributed by atoms with Crippen LogP contribution in [0.25, 0.3) is 0 Å². The first-order valence-electron chi connectivity index (χ1n) is 6.72.